The first kappa shape index (κ1) is 13.8. The number of urea groups is 1. The van der Waals surface area contributed by atoms with Gasteiger partial charge in [0.05, 0.1) is 12.5 Å². The molecule has 0 heterocycles. The minimum absolute atomic E-state index is 0.000787. The van der Waals surface area contributed by atoms with Gasteiger partial charge < -0.3 is 10.2 Å². The van der Waals surface area contributed by atoms with Crippen molar-refractivity contribution in [2.45, 2.75) is 52.0 Å². The highest BCUT2D eigenvalue weighted by Gasteiger charge is 2.21. The van der Waals surface area contributed by atoms with Crippen LogP contribution in [0.3, 0.4) is 0 Å². The third kappa shape index (κ3) is 5.08. The molecule has 17 heavy (non-hydrogen) atoms. The fourth-order valence-corrected chi connectivity index (χ4v) is 2.24. The van der Waals surface area contributed by atoms with E-state index in [1.165, 1.54) is 12.8 Å². The molecule has 0 aromatic heterocycles. The molecule has 0 atom stereocenters. The number of rotatable bonds is 5. The van der Waals surface area contributed by atoms with Crippen LogP contribution in [-0.2, 0) is 0 Å². The number of carbonyl (C=O) groups excluding carboxylic acids is 1. The lowest BCUT2D eigenvalue weighted by molar-refractivity contribution is 0.188. The molecule has 0 aromatic rings. The molecule has 0 aliphatic heterocycles. The van der Waals surface area contributed by atoms with Crippen LogP contribution >= 0.6 is 0 Å². The van der Waals surface area contributed by atoms with Crippen LogP contribution in [-0.4, -0.2) is 30.1 Å². The first-order valence-electron chi connectivity index (χ1n) is 6.56. The molecule has 0 unspecified atom stereocenters. The summed E-state index contributed by atoms with van der Waals surface area (Å²) in [4.78, 5) is 13.8. The number of hydrogen-bond acceptors (Lipinski definition) is 2. The zero-order chi connectivity index (χ0) is 12.7. The van der Waals surface area contributed by atoms with E-state index in [1.54, 1.807) is 4.90 Å². The summed E-state index contributed by atoms with van der Waals surface area (Å²) >= 11 is 0. The SMILES string of the molecule is CC(C)CN(CCC#N)C(=O)NC1CCCC1. The number of nitrogens with one attached hydrogen (secondary N) is 1. The molecule has 1 N–H and O–H groups in total. The largest absolute Gasteiger partial charge is 0.335 e. The summed E-state index contributed by atoms with van der Waals surface area (Å²) in [6, 6.07) is 2.45. The van der Waals surface area contributed by atoms with E-state index in [-0.39, 0.29) is 6.03 Å². The van der Waals surface area contributed by atoms with Crippen molar-refractivity contribution < 1.29 is 4.79 Å². The molecule has 1 rings (SSSR count). The molecule has 0 bridgehead atoms. The topological polar surface area (TPSA) is 56.1 Å². The van der Waals surface area contributed by atoms with Gasteiger partial charge >= 0.3 is 6.03 Å². The third-order valence-electron chi connectivity index (χ3n) is 3.05. The van der Waals surface area contributed by atoms with Crippen molar-refractivity contribution in [2.75, 3.05) is 13.1 Å². The van der Waals surface area contributed by atoms with E-state index in [9.17, 15) is 4.79 Å². The Hall–Kier alpha value is -1.24. The fourth-order valence-electron chi connectivity index (χ4n) is 2.24. The maximum absolute atomic E-state index is 12.0. The van der Waals surface area contributed by atoms with Gasteiger partial charge in [-0.1, -0.05) is 26.7 Å². The predicted molar refractivity (Wildman–Crippen MR) is 67.4 cm³/mol. The summed E-state index contributed by atoms with van der Waals surface area (Å²) < 4.78 is 0. The van der Waals surface area contributed by atoms with Gasteiger partial charge in [0.2, 0.25) is 0 Å². The summed E-state index contributed by atoms with van der Waals surface area (Å²) in [5.41, 5.74) is 0. The highest BCUT2D eigenvalue weighted by Crippen LogP contribution is 2.18. The Labute approximate surface area is 104 Å². The number of amides is 2. The second-order valence-electron chi connectivity index (χ2n) is 5.18. The van der Waals surface area contributed by atoms with Gasteiger partial charge in [0.1, 0.15) is 0 Å². The van der Waals surface area contributed by atoms with E-state index in [0.29, 0.717) is 24.9 Å². The molecular weight excluding hydrogens is 214 g/mol. The molecule has 2 amide bonds. The highest BCUT2D eigenvalue weighted by atomic mass is 16.2. The van der Waals surface area contributed by atoms with Crippen LogP contribution < -0.4 is 5.32 Å². The Morgan fingerprint density at radius 2 is 2.12 bits per heavy atom. The van der Waals surface area contributed by atoms with E-state index in [4.69, 9.17) is 5.26 Å². The van der Waals surface area contributed by atoms with Gasteiger partial charge in [-0.3, -0.25) is 0 Å². The second kappa shape index (κ2) is 7.16. The molecule has 4 heteroatoms. The van der Waals surface area contributed by atoms with Crippen LogP contribution in [0.2, 0.25) is 0 Å². The van der Waals surface area contributed by atoms with Gasteiger partial charge in [0, 0.05) is 19.1 Å². The van der Waals surface area contributed by atoms with E-state index in [2.05, 4.69) is 25.2 Å². The van der Waals surface area contributed by atoms with E-state index in [0.717, 1.165) is 19.4 Å². The van der Waals surface area contributed by atoms with Crippen LogP contribution in [0, 0.1) is 17.2 Å². The molecule has 96 valence electrons. The van der Waals surface area contributed by atoms with Crippen molar-refractivity contribution in [1.82, 2.24) is 10.2 Å². The number of carbonyl (C=O) groups is 1. The van der Waals surface area contributed by atoms with Crippen LogP contribution in [0.25, 0.3) is 0 Å². The Morgan fingerprint density at radius 1 is 1.47 bits per heavy atom. The second-order valence-corrected chi connectivity index (χ2v) is 5.18. The molecule has 0 aromatic carbocycles. The molecule has 1 aliphatic carbocycles. The van der Waals surface area contributed by atoms with Crippen molar-refractivity contribution in [3.8, 4) is 6.07 Å². The van der Waals surface area contributed by atoms with Gasteiger partial charge in [-0.25, -0.2) is 4.79 Å². The lowest BCUT2D eigenvalue weighted by Gasteiger charge is -2.25. The Morgan fingerprint density at radius 3 is 2.65 bits per heavy atom. The first-order valence-corrected chi connectivity index (χ1v) is 6.56. The predicted octanol–water partition coefficient (Wildman–Crippen LogP) is 2.51. The number of nitriles is 1. The average Bonchev–Trinajstić information content (AvgIpc) is 2.76. The molecule has 0 spiro atoms. The van der Waals surface area contributed by atoms with E-state index < -0.39 is 0 Å². The molecule has 1 aliphatic rings. The normalized spacial score (nSPS) is 15.9. The molecule has 0 saturated heterocycles. The highest BCUT2D eigenvalue weighted by molar-refractivity contribution is 5.74. The van der Waals surface area contributed by atoms with Crippen LogP contribution in [0.15, 0.2) is 0 Å². The van der Waals surface area contributed by atoms with Crippen molar-refractivity contribution in [1.29, 1.82) is 5.26 Å². The quantitative estimate of drug-likeness (QED) is 0.798. The Bertz CT molecular complexity index is 277. The summed E-state index contributed by atoms with van der Waals surface area (Å²) in [6.07, 6.45) is 5.03. The molecular formula is C13H23N3O. The number of hydrogen-bond donors (Lipinski definition) is 1. The van der Waals surface area contributed by atoms with Crippen LogP contribution in [0.4, 0.5) is 4.79 Å². The molecule has 4 nitrogen and oxygen atoms in total. The summed E-state index contributed by atoms with van der Waals surface area (Å²) in [5, 5.41) is 11.7. The first-order chi connectivity index (χ1) is 8.13. The maximum Gasteiger partial charge on any atom is 0.317 e. The lowest BCUT2D eigenvalue weighted by atomic mass is 10.2. The summed E-state index contributed by atoms with van der Waals surface area (Å²) in [5.74, 6) is 0.433. The maximum atomic E-state index is 12.0. The monoisotopic (exact) mass is 237 g/mol. The molecule has 1 saturated carbocycles. The summed E-state index contributed by atoms with van der Waals surface area (Å²) in [6.45, 7) is 5.43. The smallest absolute Gasteiger partial charge is 0.317 e. The minimum Gasteiger partial charge on any atom is -0.335 e. The van der Waals surface area contributed by atoms with Gasteiger partial charge in [-0.05, 0) is 18.8 Å². The Kier molecular flexibility index (Phi) is 5.82. The van der Waals surface area contributed by atoms with E-state index in [1.807, 2.05) is 0 Å². The zero-order valence-electron chi connectivity index (χ0n) is 10.9. The Balaban J connectivity index is 2.43. The molecule has 0 radical (unpaired) electrons. The van der Waals surface area contributed by atoms with Gasteiger partial charge in [-0.15, -0.1) is 0 Å². The van der Waals surface area contributed by atoms with Gasteiger partial charge in [0.25, 0.3) is 0 Å². The van der Waals surface area contributed by atoms with Crippen LogP contribution in [0.1, 0.15) is 46.0 Å². The van der Waals surface area contributed by atoms with Crippen molar-refractivity contribution in [2.24, 2.45) is 5.92 Å². The standard InChI is InChI=1S/C13H23N3O/c1-11(2)10-16(9-5-8-14)13(17)15-12-6-3-4-7-12/h11-12H,3-7,9-10H2,1-2H3,(H,15,17). The fraction of sp³-hybridized carbons (Fsp3) is 0.846. The lowest BCUT2D eigenvalue weighted by Crippen LogP contribution is -2.45. The van der Waals surface area contributed by atoms with Crippen molar-refractivity contribution >= 4 is 6.03 Å². The summed E-state index contributed by atoms with van der Waals surface area (Å²) in [7, 11) is 0. The zero-order valence-corrected chi connectivity index (χ0v) is 10.9. The average molecular weight is 237 g/mol. The van der Waals surface area contributed by atoms with Crippen LogP contribution in [0.5, 0.6) is 0 Å². The van der Waals surface area contributed by atoms with Crippen molar-refractivity contribution in [3.05, 3.63) is 0 Å². The third-order valence-corrected chi connectivity index (χ3v) is 3.05. The van der Waals surface area contributed by atoms with Crippen molar-refractivity contribution in [3.63, 3.8) is 0 Å². The van der Waals surface area contributed by atoms with Gasteiger partial charge in [0.15, 0.2) is 0 Å². The minimum atomic E-state index is 0.000787. The number of nitrogens with zero attached hydrogens (tertiary/aromatic N) is 2. The molecule has 1 fully saturated rings. The van der Waals surface area contributed by atoms with Gasteiger partial charge in [-0.2, -0.15) is 5.26 Å². The van der Waals surface area contributed by atoms with E-state index >= 15 is 0 Å².